The summed E-state index contributed by atoms with van der Waals surface area (Å²) in [5.41, 5.74) is 5.18. The van der Waals surface area contributed by atoms with E-state index >= 15 is 0 Å². The summed E-state index contributed by atoms with van der Waals surface area (Å²) in [6.07, 6.45) is 0. The van der Waals surface area contributed by atoms with Gasteiger partial charge in [-0.25, -0.2) is 4.52 Å². The lowest BCUT2D eigenvalue weighted by Gasteiger charge is -2.06. The van der Waals surface area contributed by atoms with E-state index in [1.165, 1.54) is 0 Å². The lowest BCUT2D eigenvalue weighted by atomic mass is 10.1. The van der Waals surface area contributed by atoms with Crippen LogP contribution in [0, 0.1) is 20.8 Å². The van der Waals surface area contributed by atoms with E-state index in [4.69, 9.17) is 0 Å². The zero-order valence-corrected chi connectivity index (χ0v) is 9.87. The lowest BCUT2D eigenvalue weighted by Crippen LogP contribution is -2.02. The third-order valence-electron chi connectivity index (χ3n) is 2.76. The minimum atomic E-state index is 0.380. The molecule has 0 saturated heterocycles. The van der Waals surface area contributed by atoms with E-state index in [-0.39, 0.29) is 0 Å². The maximum absolute atomic E-state index is 4.52. The van der Waals surface area contributed by atoms with Crippen molar-refractivity contribution in [3.05, 3.63) is 22.8 Å². The summed E-state index contributed by atoms with van der Waals surface area (Å²) in [4.78, 5) is 4.52. The van der Waals surface area contributed by atoms with Crippen LogP contribution in [0.3, 0.4) is 0 Å². The van der Waals surface area contributed by atoms with Crippen molar-refractivity contribution in [2.45, 2.75) is 40.5 Å². The van der Waals surface area contributed by atoms with E-state index in [0.29, 0.717) is 5.92 Å². The summed E-state index contributed by atoms with van der Waals surface area (Å²) in [6, 6.07) is 0. The first kappa shape index (κ1) is 10.1. The zero-order valence-electron chi connectivity index (χ0n) is 9.87. The molecule has 2 heterocycles. The number of aryl methyl sites for hydroxylation is 3. The lowest BCUT2D eigenvalue weighted by molar-refractivity contribution is 0.776. The molecular formula is C11H16N4. The van der Waals surface area contributed by atoms with Crippen molar-refractivity contribution in [1.29, 1.82) is 0 Å². The van der Waals surface area contributed by atoms with E-state index in [1.54, 1.807) is 0 Å². The summed E-state index contributed by atoms with van der Waals surface area (Å²) in [7, 11) is 0. The van der Waals surface area contributed by atoms with Crippen molar-refractivity contribution in [3.8, 4) is 0 Å². The van der Waals surface area contributed by atoms with Gasteiger partial charge in [0.05, 0.1) is 22.8 Å². The molecule has 0 aliphatic carbocycles. The minimum Gasteiger partial charge on any atom is -0.254 e. The number of hydrogen-bond acceptors (Lipinski definition) is 3. The van der Waals surface area contributed by atoms with Crippen LogP contribution in [0.2, 0.25) is 0 Å². The Morgan fingerprint density at radius 1 is 1.07 bits per heavy atom. The van der Waals surface area contributed by atoms with Crippen LogP contribution in [-0.4, -0.2) is 19.8 Å². The molecular weight excluding hydrogens is 188 g/mol. The zero-order chi connectivity index (χ0) is 11.2. The van der Waals surface area contributed by atoms with Crippen molar-refractivity contribution in [1.82, 2.24) is 19.8 Å². The molecule has 0 saturated carbocycles. The highest BCUT2D eigenvalue weighted by atomic mass is 15.4. The topological polar surface area (TPSA) is 43.1 Å². The first-order valence-corrected chi connectivity index (χ1v) is 5.21. The van der Waals surface area contributed by atoms with Crippen LogP contribution in [-0.2, 0) is 0 Å². The van der Waals surface area contributed by atoms with Crippen LogP contribution in [0.4, 0.5) is 0 Å². The molecule has 0 fully saturated rings. The molecule has 0 aliphatic rings. The Hall–Kier alpha value is -1.45. The Labute approximate surface area is 89.3 Å². The summed E-state index contributed by atoms with van der Waals surface area (Å²) in [5.74, 6) is 0.380. The first-order valence-electron chi connectivity index (χ1n) is 5.21. The summed E-state index contributed by atoms with van der Waals surface area (Å²) >= 11 is 0. The Kier molecular flexibility index (Phi) is 2.21. The van der Waals surface area contributed by atoms with Crippen molar-refractivity contribution < 1.29 is 0 Å². The van der Waals surface area contributed by atoms with Crippen LogP contribution in [0.25, 0.3) is 5.52 Å². The molecule has 0 unspecified atom stereocenters. The quantitative estimate of drug-likeness (QED) is 0.715. The number of hydrogen-bond donors (Lipinski definition) is 0. The van der Waals surface area contributed by atoms with Crippen LogP contribution in [0.15, 0.2) is 0 Å². The summed E-state index contributed by atoms with van der Waals surface area (Å²) in [6.45, 7) is 10.3. The summed E-state index contributed by atoms with van der Waals surface area (Å²) in [5, 5.41) is 8.42. The van der Waals surface area contributed by atoms with E-state index < -0.39 is 0 Å². The Bertz CT molecular complexity index is 511. The van der Waals surface area contributed by atoms with Gasteiger partial charge in [0, 0.05) is 0 Å². The van der Waals surface area contributed by atoms with Gasteiger partial charge in [-0.05, 0) is 26.7 Å². The maximum Gasteiger partial charge on any atom is 0.111 e. The summed E-state index contributed by atoms with van der Waals surface area (Å²) < 4.78 is 1.90. The van der Waals surface area contributed by atoms with Crippen molar-refractivity contribution in [2.75, 3.05) is 0 Å². The second-order valence-electron chi connectivity index (χ2n) is 4.26. The molecule has 0 bridgehead atoms. The monoisotopic (exact) mass is 204 g/mol. The third-order valence-corrected chi connectivity index (χ3v) is 2.76. The largest absolute Gasteiger partial charge is 0.254 e. The van der Waals surface area contributed by atoms with Gasteiger partial charge in [-0.15, -0.1) is 5.10 Å². The van der Waals surface area contributed by atoms with Crippen LogP contribution < -0.4 is 0 Å². The minimum absolute atomic E-state index is 0.380. The smallest absolute Gasteiger partial charge is 0.111 e. The van der Waals surface area contributed by atoms with Crippen LogP contribution in [0.5, 0.6) is 0 Å². The average molecular weight is 204 g/mol. The molecule has 0 amide bonds. The molecule has 0 spiro atoms. The molecule has 2 aromatic rings. The average Bonchev–Trinajstić information content (AvgIpc) is 2.58. The van der Waals surface area contributed by atoms with Gasteiger partial charge in [-0.1, -0.05) is 19.1 Å². The second kappa shape index (κ2) is 3.29. The first-order chi connectivity index (χ1) is 7.02. The van der Waals surface area contributed by atoms with Gasteiger partial charge in [0.15, 0.2) is 0 Å². The number of nitrogens with zero attached hydrogens (tertiary/aromatic N) is 4. The highest BCUT2D eigenvalue weighted by Crippen LogP contribution is 2.21. The molecule has 0 aromatic carbocycles. The number of fused-ring (bicyclic) bond motifs is 1. The maximum atomic E-state index is 4.52. The highest BCUT2D eigenvalue weighted by molar-refractivity contribution is 5.57. The van der Waals surface area contributed by atoms with Gasteiger partial charge in [0.1, 0.15) is 5.52 Å². The molecule has 4 heteroatoms. The predicted octanol–water partition coefficient (Wildman–Crippen LogP) is 2.17. The molecule has 2 rings (SSSR count). The number of rotatable bonds is 1. The van der Waals surface area contributed by atoms with E-state index in [1.807, 2.05) is 25.3 Å². The normalized spacial score (nSPS) is 11.6. The van der Waals surface area contributed by atoms with E-state index in [0.717, 1.165) is 28.3 Å². The predicted molar refractivity (Wildman–Crippen MR) is 59.1 cm³/mol. The van der Waals surface area contributed by atoms with Gasteiger partial charge in [0.2, 0.25) is 0 Å². The third kappa shape index (κ3) is 1.40. The van der Waals surface area contributed by atoms with E-state index in [2.05, 4.69) is 29.1 Å². The molecule has 80 valence electrons. The fourth-order valence-electron chi connectivity index (χ4n) is 1.79. The molecule has 0 radical (unpaired) electrons. The molecule has 15 heavy (non-hydrogen) atoms. The Morgan fingerprint density at radius 3 is 2.33 bits per heavy atom. The fourth-order valence-corrected chi connectivity index (χ4v) is 1.79. The van der Waals surface area contributed by atoms with E-state index in [9.17, 15) is 0 Å². The van der Waals surface area contributed by atoms with Gasteiger partial charge in [0.25, 0.3) is 0 Å². The van der Waals surface area contributed by atoms with Gasteiger partial charge < -0.3 is 0 Å². The van der Waals surface area contributed by atoms with Crippen LogP contribution in [0.1, 0.15) is 42.5 Å². The molecule has 2 aromatic heterocycles. The molecule has 0 N–H and O–H groups in total. The second-order valence-corrected chi connectivity index (χ2v) is 4.26. The molecule has 0 atom stereocenters. The fraction of sp³-hybridized carbons (Fsp3) is 0.545. The standard InChI is InChI=1S/C11H16N4/c1-6(2)10-11-8(4)12-7(3)9(5)15(11)14-13-10/h6H,1-5H3. The van der Waals surface area contributed by atoms with Crippen LogP contribution >= 0.6 is 0 Å². The Morgan fingerprint density at radius 2 is 1.73 bits per heavy atom. The Balaban J connectivity index is 2.87. The van der Waals surface area contributed by atoms with Crippen molar-refractivity contribution in [3.63, 3.8) is 0 Å². The van der Waals surface area contributed by atoms with Crippen molar-refractivity contribution in [2.24, 2.45) is 0 Å². The highest BCUT2D eigenvalue weighted by Gasteiger charge is 2.15. The molecule has 4 nitrogen and oxygen atoms in total. The number of aromatic nitrogens is 4. The van der Waals surface area contributed by atoms with Gasteiger partial charge in [-0.2, -0.15) is 0 Å². The molecule has 0 aliphatic heterocycles. The van der Waals surface area contributed by atoms with Gasteiger partial charge >= 0.3 is 0 Å². The van der Waals surface area contributed by atoms with Gasteiger partial charge in [-0.3, -0.25) is 4.98 Å². The SMILES string of the molecule is Cc1nc(C)c2c(C(C)C)nnn2c1C. The van der Waals surface area contributed by atoms with Crippen molar-refractivity contribution >= 4 is 5.52 Å².